The van der Waals surface area contributed by atoms with Crippen LogP contribution < -0.4 is 4.74 Å². The standard InChI is InChI=1S/C21H26N2O2/c1-25-20-9-5-8-19(16-20)17-22-12-14-23(15-13-22)21(24)11-10-18-6-3-2-4-7-18/h2-9,16H,10-15,17H2,1H3. The number of aryl methyl sites for hydroxylation is 1. The molecule has 0 N–H and O–H groups in total. The van der Waals surface area contributed by atoms with Crippen LogP contribution in [0.1, 0.15) is 17.5 Å². The molecule has 3 rings (SSSR count). The maximum Gasteiger partial charge on any atom is 0.222 e. The third kappa shape index (κ3) is 5.07. The largest absolute Gasteiger partial charge is 0.497 e. The van der Waals surface area contributed by atoms with Crippen LogP contribution in [0.25, 0.3) is 0 Å². The summed E-state index contributed by atoms with van der Waals surface area (Å²) in [6.07, 6.45) is 1.42. The third-order valence-electron chi connectivity index (χ3n) is 4.74. The number of rotatable bonds is 6. The second-order valence-corrected chi connectivity index (χ2v) is 6.49. The molecule has 4 heteroatoms. The quantitative estimate of drug-likeness (QED) is 0.812. The van der Waals surface area contributed by atoms with Gasteiger partial charge in [-0.2, -0.15) is 0 Å². The SMILES string of the molecule is COc1cccc(CN2CCN(C(=O)CCc3ccccc3)CC2)c1. The molecule has 1 amide bonds. The maximum atomic E-state index is 12.4. The number of hydrogen-bond donors (Lipinski definition) is 0. The fourth-order valence-electron chi connectivity index (χ4n) is 3.24. The number of nitrogens with zero attached hydrogens (tertiary/aromatic N) is 2. The van der Waals surface area contributed by atoms with E-state index in [0.717, 1.165) is 44.9 Å². The van der Waals surface area contributed by atoms with Crippen molar-refractivity contribution >= 4 is 5.91 Å². The Hall–Kier alpha value is -2.33. The minimum absolute atomic E-state index is 0.268. The number of carbonyl (C=O) groups is 1. The number of ether oxygens (including phenoxy) is 1. The van der Waals surface area contributed by atoms with E-state index < -0.39 is 0 Å². The van der Waals surface area contributed by atoms with Gasteiger partial charge >= 0.3 is 0 Å². The zero-order chi connectivity index (χ0) is 17.5. The summed E-state index contributed by atoms with van der Waals surface area (Å²) in [5, 5.41) is 0. The van der Waals surface area contributed by atoms with Crippen molar-refractivity contribution in [1.29, 1.82) is 0 Å². The summed E-state index contributed by atoms with van der Waals surface area (Å²) in [5.41, 5.74) is 2.48. The van der Waals surface area contributed by atoms with Gasteiger partial charge in [0.25, 0.3) is 0 Å². The molecule has 1 saturated heterocycles. The Labute approximate surface area is 150 Å². The normalized spacial score (nSPS) is 15.2. The molecule has 2 aromatic rings. The topological polar surface area (TPSA) is 32.8 Å². The Bertz CT molecular complexity index is 679. The number of hydrogen-bond acceptors (Lipinski definition) is 3. The van der Waals surface area contributed by atoms with Crippen molar-refractivity contribution < 1.29 is 9.53 Å². The fourth-order valence-corrected chi connectivity index (χ4v) is 3.24. The van der Waals surface area contributed by atoms with E-state index in [9.17, 15) is 4.79 Å². The van der Waals surface area contributed by atoms with E-state index in [4.69, 9.17) is 4.74 Å². The van der Waals surface area contributed by atoms with Gasteiger partial charge in [-0.15, -0.1) is 0 Å². The number of methoxy groups -OCH3 is 1. The Kier molecular flexibility index (Phi) is 6.07. The third-order valence-corrected chi connectivity index (χ3v) is 4.74. The lowest BCUT2D eigenvalue weighted by atomic mass is 10.1. The molecule has 0 radical (unpaired) electrons. The molecule has 0 bridgehead atoms. The van der Waals surface area contributed by atoms with Crippen LogP contribution in [-0.4, -0.2) is 49.0 Å². The van der Waals surface area contributed by atoms with Gasteiger partial charge in [0, 0.05) is 39.1 Å². The first-order valence-electron chi connectivity index (χ1n) is 8.91. The van der Waals surface area contributed by atoms with Crippen molar-refractivity contribution in [1.82, 2.24) is 9.80 Å². The molecule has 4 nitrogen and oxygen atoms in total. The predicted octanol–water partition coefficient (Wildman–Crippen LogP) is 2.97. The van der Waals surface area contributed by atoms with Crippen LogP contribution in [0.2, 0.25) is 0 Å². The van der Waals surface area contributed by atoms with Crippen molar-refractivity contribution in [2.75, 3.05) is 33.3 Å². The molecule has 0 spiro atoms. The van der Waals surface area contributed by atoms with E-state index in [1.807, 2.05) is 35.2 Å². The number of benzene rings is 2. The molecule has 1 aliphatic rings. The van der Waals surface area contributed by atoms with E-state index in [-0.39, 0.29) is 5.91 Å². The average Bonchev–Trinajstić information content (AvgIpc) is 2.67. The molecule has 0 atom stereocenters. The van der Waals surface area contributed by atoms with Crippen molar-refractivity contribution in [3.05, 3.63) is 65.7 Å². The monoisotopic (exact) mass is 338 g/mol. The van der Waals surface area contributed by atoms with E-state index >= 15 is 0 Å². The van der Waals surface area contributed by atoms with Gasteiger partial charge in [-0.05, 0) is 29.7 Å². The molecule has 0 unspecified atom stereocenters. The first-order valence-corrected chi connectivity index (χ1v) is 8.91. The van der Waals surface area contributed by atoms with Crippen molar-refractivity contribution in [3.63, 3.8) is 0 Å². The summed E-state index contributed by atoms with van der Waals surface area (Å²) in [6.45, 7) is 4.39. The Morgan fingerprint density at radius 1 is 0.960 bits per heavy atom. The molecule has 1 fully saturated rings. The van der Waals surface area contributed by atoms with Gasteiger partial charge in [0.05, 0.1) is 7.11 Å². The average molecular weight is 338 g/mol. The van der Waals surface area contributed by atoms with Gasteiger partial charge in [0.15, 0.2) is 0 Å². The van der Waals surface area contributed by atoms with Gasteiger partial charge in [0.1, 0.15) is 5.75 Å². The van der Waals surface area contributed by atoms with Crippen LogP contribution in [0.3, 0.4) is 0 Å². The summed E-state index contributed by atoms with van der Waals surface area (Å²) < 4.78 is 5.28. The van der Waals surface area contributed by atoms with Crippen LogP contribution in [0, 0.1) is 0 Å². The van der Waals surface area contributed by atoms with E-state index in [1.54, 1.807) is 7.11 Å². The highest BCUT2D eigenvalue weighted by molar-refractivity contribution is 5.76. The molecular weight excluding hydrogens is 312 g/mol. The van der Waals surface area contributed by atoms with Gasteiger partial charge in [0.2, 0.25) is 5.91 Å². The van der Waals surface area contributed by atoms with Gasteiger partial charge in [-0.1, -0.05) is 42.5 Å². The minimum atomic E-state index is 0.268. The zero-order valence-corrected chi connectivity index (χ0v) is 14.9. The second kappa shape index (κ2) is 8.67. The summed E-state index contributed by atoms with van der Waals surface area (Å²) in [7, 11) is 1.69. The second-order valence-electron chi connectivity index (χ2n) is 6.49. The molecule has 1 heterocycles. The van der Waals surface area contributed by atoms with E-state index in [1.165, 1.54) is 11.1 Å². The smallest absolute Gasteiger partial charge is 0.222 e. The van der Waals surface area contributed by atoms with Crippen LogP contribution >= 0.6 is 0 Å². The van der Waals surface area contributed by atoms with E-state index in [2.05, 4.69) is 29.2 Å². The summed E-state index contributed by atoms with van der Waals surface area (Å²) in [4.78, 5) is 16.8. The van der Waals surface area contributed by atoms with Gasteiger partial charge < -0.3 is 9.64 Å². The lowest BCUT2D eigenvalue weighted by Crippen LogP contribution is -2.48. The molecule has 0 aromatic heterocycles. The zero-order valence-electron chi connectivity index (χ0n) is 14.9. The molecular formula is C21H26N2O2. The Morgan fingerprint density at radius 3 is 2.40 bits per heavy atom. The fraction of sp³-hybridized carbons (Fsp3) is 0.381. The van der Waals surface area contributed by atoms with Crippen molar-refractivity contribution in [2.24, 2.45) is 0 Å². The maximum absolute atomic E-state index is 12.4. The van der Waals surface area contributed by atoms with E-state index in [0.29, 0.717) is 6.42 Å². The molecule has 1 aliphatic heterocycles. The number of amides is 1. The highest BCUT2D eigenvalue weighted by Crippen LogP contribution is 2.16. The van der Waals surface area contributed by atoms with Crippen LogP contribution in [0.15, 0.2) is 54.6 Å². The number of piperazine rings is 1. The summed E-state index contributed by atoms with van der Waals surface area (Å²) in [5.74, 6) is 1.16. The van der Waals surface area contributed by atoms with Gasteiger partial charge in [-0.3, -0.25) is 9.69 Å². The van der Waals surface area contributed by atoms with Crippen molar-refractivity contribution in [2.45, 2.75) is 19.4 Å². The molecule has 132 valence electrons. The van der Waals surface area contributed by atoms with Crippen LogP contribution in [-0.2, 0) is 17.8 Å². The van der Waals surface area contributed by atoms with Crippen LogP contribution in [0.5, 0.6) is 5.75 Å². The lowest BCUT2D eigenvalue weighted by Gasteiger charge is -2.35. The first-order chi connectivity index (χ1) is 12.2. The lowest BCUT2D eigenvalue weighted by molar-refractivity contribution is -0.133. The summed E-state index contributed by atoms with van der Waals surface area (Å²) >= 11 is 0. The summed E-state index contributed by atoms with van der Waals surface area (Å²) in [6, 6.07) is 18.4. The van der Waals surface area contributed by atoms with Crippen molar-refractivity contribution in [3.8, 4) is 5.75 Å². The van der Waals surface area contributed by atoms with Gasteiger partial charge in [-0.25, -0.2) is 0 Å². The molecule has 2 aromatic carbocycles. The Balaban J connectivity index is 1.44. The molecule has 0 aliphatic carbocycles. The molecule has 25 heavy (non-hydrogen) atoms. The first kappa shape index (κ1) is 17.5. The minimum Gasteiger partial charge on any atom is -0.497 e. The highest BCUT2D eigenvalue weighted by Gasteiger charge is 2.20. The predicted molar refractivity (Wildman–Crippen MR) is 99.6 cm³/mol. The number of carbonyl (C=O) groups excluding carboxylic acids is 1. The molecule has 0 saturated carbocycles. The Morgan fingerprint density at radius 2 is 1.68 bits per heavy atom. The highest BCUT2D eigenvalue weighted by atomic mass is 16.5. The van der Waals surface area contributed by atoms with Crippen LogP contribution in [0.4, 0.5) is 0 Å².